The van der Waals surface area contributed by atoms with Gasteiger partial charge in [-0.3, -0.25) is 14.5 Å². The van der Waals surface area contributed by atoms with Crippen LogP contribution >= 0.6 is 35.3 Å². The van der Waals surface area contributed by atoms with Crippen LogP contribution in [0.1, 0.15) is 9.67 Å². The van der Waals surface area contributed by atoms with Crippen molar-refractivity contribution in [1.82, 2.24) is 10.2 Å². The average molecular weight is 412 g/mol. The lowest BCUT2D eigenvalue weighted by atomic mass is 10.2. The maximum absolute atomic E-state index is 13.7. The van der Waals surface area contributed by atoms with Crippen molar-refractivity contribution in [2.75, 3.05) is 25.4 Å². The van der Waals surface area contributed by atoms with Crippen LogP contribution in [0.3, 0.4) is 0 Å². The van der Waals surface area contributed by atoms with Gasteiger partial charge in [0.25, 0.3) is 5.91 Å². The summed E-state index contributed by atoms with van der Waals surface area (Å²) in [6.07, 6.45) is 0. The SMILES string of the molecule is O=C(COC(=O)c1cc2c(F)cccc2s1)NCCN1C(=O)CSC1=S. The molecule has 0 aliphatic carbocycles. The first-order valence-corrected chi connectivity index (χ1v) is 9.76. The Labute approximate surface area is 161 Å². The number of thiophene rings is 1. The molecule has 136 valence electrons. The molecule has 0 saturated carbocycles. The van der Waals surface area contributed by atoms with Gasteiger partial charge in [-0.25, -0.2) is 9.18 Å². The standard InChI is InChI=1S/C16H13FN2O4S3/c17-10-2-1-3-11-9(10)6-12(26-11)15(22)23-7-13(20)18-4-5-19-14(21)8-25-16(19)24/h1-3,6H,4-5,7-8H2,(H,18,20). The van der Waals surface area contributed by atoms with E-state index in [9.17, 15) is 18.8 Å². The third-order valence-electron chi connectivity index (χ3n) is 3.54. The molecule has 0 bridgehead atoms. The zero-order chi connectivity index (χ0) is 18.7. The molecule has 2 aromatic rings. The molecule has 26 heavy (non-hydrogen) atoms. The Morgan fingerprint density at radius 1 is 1.38 bits per heavy atom. The number of amides is 2. The zero-order valence-corrected chi connectivity index (χ0v) is 15.8. The molecule has 1 saturated heterocycles. The molecular formula is C16H13FN2O4S3. The maximum Gasteiger partial charge on any atom is 0.348 e. The highest BCUT2D eigenvalue weighted by Gasteiger charge is 2.26. The van der Waals surface area contributed by atoms with Crippen LogP contribution in [0.25, 0.3) is 10.1 Å². The van der Waals surface area contributed by atoms with E-state index in [4.69, 9.17) is 17.0 Å². The molecule has 1 aromatic heterocycles. The monoisotopic (exact) mass is 412 g/mol. The molecule has 0 spiro atoms. The van der Waals surface area contributed by atoms with Crippen LogP contribution in [-0.2, 0) is 14.3 Å². The first-order chi connectivity index (χ1) is 12.5. The molecule has 1 aliphatic rings. The van der Waals surface area contributed by atoms with Gasteiger partial charge in [0.1, 0.15) is 15.0 Å². The van der Waals surface area contributed by atoms with Crippen LogP contribution in [0.5, 0.6) is 0 Å². The molecule has 2 amide bonds. The van der Waals surface area contributed by atoms with E-state index in [1.54, 1.807) is 12.1 Å². The number of thioether (sulfide) groups is 1. The Balaban J connectivity index is 1.46. The highest BCUT2D eigenvalue weighted by atomic mass is 32.2. The molecule has 1 fully saturated rings. The molecule has 1 aromatic carbocycles. The summed E-state index contributed by atoms with van der Waals surface area (Å²) in [7, 11) is 0. The van der Waals surface area contributed by atoms with E-state index in [1.807, 2.05) is 0 Å². The Kier molecular flexibility index (Phi) is 5.84. The van der Waals surface area contributed by atoms with Gasteiger partial charge in [-0.05, 0) is 18.2 Å². The Hall–Kier alpha value is -2.04. The number of nitrogens with zero attached hydrogens (tertiary/aromatic N) is 1. The van der Waals surface area contributed by atoms with E-state index >= 15 is 0 Å². The Morgan fingerprint density at radius 3 is 2.88 bits per heavy atom. The molecule has 2 heterocycles. The number of nitrogens with one attached hydrogen (secondary N) is 1. The van der Waals surface area contributed by atoms with Gasteiger partial charge >= 0.3 is 5.97 Å². The number of hydrogen-bond acceptors (Lipinski definition) is 7. The molecule has 0 atom stereocenters. The summed E-state index contributed by atoms with van der Waals surface area (Å²) in [6.45, 7) is 0.0274. The highest BCUT2D eigenvalue weighted by molar-refractivity contribution is 8.23. The molecule has 0 unspecified atom stereocenters. The van der Waals surface area contributed by atoms with Crippen LogP contribution in [-0.4, -0.2) is 52.5 Å². The van der Waals surface area contributed by atoms with E-state index in [1.165, 1.54) is 28.8 Å². The largest absolute Gasteiger partial charge is 0.451 e. The molecule has 1 aliphatic heterocycles. The second kappa shape index (κ2) is 8.11. The highest BCUT2D eigenvalue weighted by Crippen LogP contribution is 2.28. The fraction of sp³-hybridized carbons (Fsp3) is 0.250. The van der Waals surface area contributed by atoms with Gasteiger partial charge in [0, 0.05) is 23.2 Å². The average Bonchev–Trinajstić information content (AvgIpc) is 3.19. The van der Waals surface area contributed by atoms with Crippen LogP contribution in [0, 0.1) is 5.82 Å². The lowest BCUT2D eigenvalue weighted by molar-refractivity contribution is -0.126. The van der Waals surface area contributed by atoms with Gasteiger partial charge in [-0.15, -0.1) is 11.3 Å². The van der Waals surface area contributed by atoms with E-state index in [0.717, 1.165) is 11.3 Å². The summed E-state index contributed by atoms with van der Waals surface area (Å²) in [5.41, 5.74) is 0. The number of hydrogen-bond donors (Lipinski definition) is 1. The number of rotatable bonds is 6. The summed E-state index contributed by atoms with van der Waals surface area (Å²) in [5, 5.41) is 2.90. The molecule has 3 rings (SSSR count). The van der Waals surface area contributed by atoms with Crippen LogP contribution in [0.15, 0.2) is 24.3 Å². The third kappa shape index (κ3) is 4.19. The van der Waals surface area contributed by atoms with Gasteiger partial charge < -0.3 is 10.1 Å². The van der Waals surface area contributed by atoms with E-state index in [2.05, 4.69) is 5.32 Å². The molecule has 1 N–H and O–H groups in total. The summed E-state index contributed by atoms with van der Waals surface area (Å²) in [5.74, 6) is -1.36. The van der Waals surface area contributed by atoms with Crippen LogP contribution in [0.4, 0.5) is 4.39 Å². The number of fused-ring (bicyclic) bond motifs is 1. The number of benzene rings is 1. The minimum absolute atomic E-state index is 0.0855. The second-order valence-electron chi connectivity index (χ2n) is 5.29. The summed E-state index contributed by atoms with van der Waals surface area (Å²) in [6, 6.07) is 5.99. The van der Waals surface area contributed by atoms with Crippen molar-refractivity contribution in [1.29, 1.82) is 0 Å². The third-order valence-corrected chi connectivity index (χ3v) is 6.05. The predicted octanol–water partition coefficient (Wildman–Crippen LogP) is 2.17. The molecule has 0 radical (unpaired) electrons. The Bertz CT molecular complexity index is 883. The van der Waals surface area contributed by atoms with Crippen LogP contribution in [0.2, 0.25) is 0 Å². The van der Waals surface area contributed by atoms with Crippen molar-refractivity contribution in [3.63, 3.8) is 0 Å². The van der Waals surface area contributed by atoms with Crippen LogP contribution < -0.4 is 5.32 Å². The number of carbonyl (C=O) groups is 3. The zero-order valence-electron chi connectivity index (χ0n) is 13.3. The lowest BCUT2D eigenvalue weighted by Crippen LogP contribution is -2.38. The quantitative estimate of drug-likeness (QED) is 0.579. The van der Waals surface area contributed by atoms with Crippen molar-refractivity contribution in [2.24, 2.45) is 0 Å². The molecule has 6 nitrogen and oxygen atoms in total. The lowest BCUT2D eigenvalue weighted by Gasteiger charge is -2.14. The minimum atomic E-state index is -0.687. The van der Waals surface area contributed by atoms with E-state index in [-0.39, 0.29) is 23.9 Å². The predicted molar refractivity (Wildman–Crippen MR) is 102 cm³/mol. The van der Waals surface area contributed by atoms with Crippen molar-refractivity contribution < 1.29 is 23.5 Å². The maximum atomic E-state index is 13.7. The normalized spacial score (nSPS) is 14.1. The van der Waals surface area contributed by atoms with Gasteiger partial charge in [-0.2, -0.15) is 0 Å². The fourth-order valence-corrected chi connectivity index (χ4v) is 4.37. The number of ether oxygens (including phenoxy) is 1. The number of esters is 1. The topological polar surface area (TPSA) is 75.7 Å². The van der Waals surface area contributed by atoms with Gasteiger partial charge in [0.15, 0.2) is 6.61 Å². The summed E-state index contributed by atoms with van der Waals surface area (Å²) < 4.78 is 19.7. The minimum Gasteiger partial charge on any atom is -0.451 e. The van der Waals surface area contributed by atoms with Gasteiger partial charge in [-0.1, -0.05) is 30.0 Å². The molecular weight excluding hydrogens is 399 g/mol. The van der Waals surface area contributed by atoms with E-state index in [0.29, 0.717) is 20.2 Å². The van der Waals surface area contributed by atoms with Crippen molar-refractivity contribution in [3.8, 4) is 0 Å². The number of thiocarbonyl (C=S) groups is 1. The molecule has 10 heteroatoms. The van der Waals surface area contributed by atoms with Gasteiger partial charge in [0.05, 0.1) is 5.75 Å². The van der Waals surface area contributed by atoms with Crippen molar-refractivity contribution in [2.45, 2.75) is 0 Å². The summed E-state index contributed by atoms with van der Waals surface area (Å²) >= 11 is 7.42. The smallest absolute Gasteiger partial charge is 0.348 e. The first kappa shape index (κ1) is 18.7. The number of halogens is 1. The second-order valence-corrected chi connectivity index (χ2v) is 7.98. The Morgan fingerprint density at radius 2 is 2.19 bits per heavy atom. The number of carbonyl (C=O) groups excluding carboxylic acids is 3. The van der Waals surface area contributed by atoms with Crippen molar-refractivity contribution in [3.05, 3.63) is 35.0 Å². The first-order valence-electron chi connectivity index (χ1n) is 7.54. The fourth-order valence-electron chi connectivity index (χ4n) is 2.28. The summed E-state index contributed by atoms with van der Waals surface area (Å²) in [4.78, 5) is 37.0. The van der Waals surface area contributed by atoms with Gasteiger partial charge in [0.2, 0.25) is 5.91 Å². The van der Waals surface area contributed by atoms with Crippen molar-refractivity contribution >= 4 is 67.5 Å². The van der Waals surface area contributed by atoms with E-state index < -0.39 is 24.3 Å².